The Morgan fingerprint density at radius 1 is 1.32 bits per heavy atom. The molecule has 0 amide bonds. The zero-order valence-electron chi connectivity index (χ0n) is 13.3. The molecule has 1 aromatic carbocycles. The SMILES string of the molecule is CSc1nc(N)c(C(=O)OCC(C)(C)C)n1-c1ccccc1. The number of hydrogen-bond acceptors (Lipinski definition) is 5. The number of ether oxygens (including phenoxy) is 1. The fourth-order valence-electron chi connectivity index (χ4n) is 1.92. The van der Waals surface area contributed by atoms with Gasteiger partial charge < -0.3 is 10.5 Å². The van der Waals surface area contributed by atoms with Crippen LogP contribution in [0.25, 0.3) is 5.69 Å². The number of esters is 1. The summed E-state index contributed by atoms with van der Waals surface area (Å²) in [6, 6.07) is 9.53. The normalized spacial score (nSPS) is 11.5. The molecular weight excluding hydrogens is 298 g/mol. The van der Waals surface area contributed by atoms with Gasteiger partial charge in [0.05, 0.1) is 6.61 Å². The van der Waals surface area contributed by atoms with E-state index in [1.807, 2.05) is 57.4 Å². The number of para-hydroxylation sites is 1. The van der Waals surface area contributed by atoms with Crippen molar-refractivity contribution in [3.63, 3.8) is 0 Å². The van der Waals surface area contributed by atoms with Gasteiger partial charge in [0.1, 0.15) is 0 Å². The highest BCUT2D eigenvalue weighted by atomic mass is 32.2. The lowest BCUT2D eigenvalue weighted by Gasteiger charge is -2.18. The number of carbonyl (C=O) groups excluding carboxylic acids is 1. The van der Waals surface area contributed by atoms with Crippen LogP contribution in [0.15, 0.2) is 35.5 Å². The first-order valence-corrected chi connectivity index (χ1v) is 8.20. The Balaban J connectivity index is 2.43. The van der Waals surface area contributed by atoms with Crippen LogP contribution in [0.5, 0.6) is 0 Å². The van der Waals surface area contributed by atoms with Crippen molar-refractivity contribution in [2.24, 2.45) is 5.41 Å². The molecule has 2 rings (SSSR count). The summed E-state index contributed by atoms with van der Waals surface area (Å²) in [4.78, 5) is 16.7. The minimum atomic E-state index is -0.455. The van der Waals surface area contributed by atoms with E-state index >= 15 is 0 Å². The second kappa shape index (κ2) is 6.44. The van der Waals surface area contributed by atoms with Gasteiger partial charge in [0, 0.05) is 5.69 Å². The first-order valence-electron chi connectivity index (χ1n) is 6.98. The van der Waals surface area contributed by atoms with Gasteiger partial charge in [-0.1, -0.05) is 50.7 Å². The van der Waals surface area contributed by atoms with E-state index in [1.54, 1.807) is 4.57 Å². The van der Waals surface area contributed by atoms with E-state index in [1.165, 1.54) is 11.8 Å². The lowest BCUT2D eigenvalue weighted by Crippen LogP contribution is -2.21. The molecule has 0 radical (unpaired) electrons. The molecule has 0 aliphatic carbocycles. The molecule has 0 unspecified atom stereocenters. The smallest absolute Gasteiger partial charge is 0.359 e. The first-order chi connectivity index (χ1) is 10.3. The van der Waals surface area contributed by atoms with Crippen molar-refractivity contribution in [2.45, 2.75) is 25.9 Å². The molecule has 118 valence electrons. The number of imidazole rings is 1. The number of nitrogens with zero attached hydrogens (tertiary/aromatic N) is 2. The maximum Gasteiger partial charge on any atom is 0.359 e. The third kappa shape index (κ3) is 3.62. The molecule has 0 atom stereocenters. The van der Waals surface area contributed by atoms with Crippen molar-refractivity contribution in [3.05, 3.63) is 36.0 Å². The molecule has 0 spiro atoms. The Kier molecular flexibility index (Phi) is 4.81. The molecule has 0 saturated heterocycles. The second-order valence-electron chi connectivity index (χ2n) is 6.14. The Bertz CT molecular complexity index is 660. The molecule has 2 aromatic rings. The number of carbonyl (C=O) groups is 1. The summed E-state index contributed by atoms with van der Waals surface area (Å²) in [7, 11) is 0. The van der Waals surface area contributed by atoms with Crippen LogP contribution in [0, 0.1) is 5.41 Å². The Morgan fingerprint density at radius 3 is 2.50 bits per heavy atom. The van der Waals surface area contributed by atoms with Crippen LogP contribution in [-0.2, 0) is 4.74 Å². The molecule has 2 N–H and O–H groups in total. The van der Waals surface area contributed by atoms with Gasteiger partial charge >= 0.3 is 5.97 Å². The zero-order chi connectivity index (χ0) is 16.3. The zero-order valence-corrected chi connectivity index (χ0v) is 14.1. The molecule has 0 saturated carbocycles. The van der Waals surface area contributed by atoms with Crippen molar-refractivity contribution < 1.29 is 9.53 Å². The monoisotopic (exact) mass is 319 g/mol. The number of benzene rings is 1. The van der Waals surface area contributed by atoms with Gasteiger partial charge in [-0.25, -0.2) is 9.78 Å². The number of anilines is 1. The van der Waals surface area contributed by atoms with Gasteiger partial charge in [-0.3, -0.25) is 4.57 Å². The van der Waals surface area contributed by atoms with Crippen molar-refractivity contribution in [2.75, 3.05) is 18.6 Å². The topological polar surface area (TPSA) is 70.1 Å². The summed E-state index contributed by atoms with van der Waals surface area (Å²) in [5.74, 6) is -0.267. The van der Waals surface area contributed by atoms with Gasteiger partial charge in [-0.05, 0) is 23.8 Å². The molecule has 5 nitrogen and oxygen atoms in total. The number of hydrogen-bond donors (Lipinski definition) is 1. The first kappa shape index (κ1) is 16.4. The van der Waals surface area contributed by atoms with E-state index in [0.717, 1.165) is 5.69 Å². The molecule has 0 aliphatic heterocycles. The summed E-state index contributed by atoms with van der Waals surface area (Å²) in [6.45, 7) is 6.34. The molecule has 0 aliphatic rings. The molecule has 0 bridgehead atoms. The predicted molar refractivity (Wildman–Crippen MR) is 89.5 cm³/mol. The van der Waals surface area contributed by atoms with Crippen molar-refractivity contribution in [3.8, 4) is 5.69 Å². The fraction of sp³-hybridized carbons (Fsp3) is 0.375. The van der Waals surface area contributed by atoms with Crippen molar-refractivity contribution in [1.29, 1.82) is 0 Å². The molecule has 1 heterocycles. The quantitative estimate of drug-likeness (QED) is 0.691. The van der Waals surface area contributed by atoms with E-state index < -0.39 is 5.97 Å². The third-order valence-corrected chi connectivity index (χ3v) is 3.54. The fourth-order valence-corrected chi connectivity index (χ4v) is 2.48. The summed E-state index contributed by atoms with van der Waals surface area (Å²) >= 11 is 1.43. The van der Waals surface area contributed by atoms with E-state index in [0.29, 0.717) is 11.8 Å². The maximum absolute atomic E-state index is 12.5. The van der Waals surface area contributed by atoms with Crippen molar-refractivity contribution >= 4 is 23.5 Å². The molecule has 0 fully saturated rings. The van der Waals surface area contributed by atoms with Crippen LogP contribution >= 0.6 is 11.8 Å². The highest BCUT2D eigenvalue weighted by molar-refractivity contribution is 7.98. The lowest BCUT2D eigenvalue weighted by molar-refractivity contribution is 0.0358. The maximum atomic E-state index is 12.5. The number of thioether (sulfide) groups is 1. The largest absolute Gasteiger partial charge is 0.460 e. The van der Waals surface area contributed by atoms with E-state index in [-0.39, 0.29) is 16.9 Å². The average molecular weight is 319 g/mol. The van der Waals surface area contributed by atoms with Gasteiger partial charge in [0.25, 0.3) is 0 Å². The number of aromatic nitrogens is 2. The highest BCUT2D eigenvalue weighted by Gasteiger charge is 2.25. The summed E-state index contributed by atoms with van der Waals surface area (Å²) in [5.41, 5.74) is 6.95. The third-order valence-electron chi connectivity index (χ3n) is 2.90. The minimum Gasteiger partial charge on any atom is -0.460 e. The van der Waals surface area contributed by atoms with Gasteiger partial charge in [-0.15, -0.1) is 0 Å². The molecule has 6 heteroatoms. The molecule has 22 heavy (non-hydrogen) atoms. The lowest BCUT2D eigenvalue weighted by atomic mass is 9.99. The van der Waals surface area contributed by atoms with Gasteiger partial charge in [0.2, 0.25) is 0 Å². The molecule has 1 aromatic heterocycles. The highest BCUT2D eigenvalue weighted by Crippen LogP contribution is 2.27. The predicted octanol–water partition coefficient (Wildman–Crippen LogP) is 3.38. The van der Waals surface area contributed by atoms with Crippen LogP contribution in [0.1, 0.15) is 31.3 Å². The van der Waals surface area contributed by atoms with E-state index in [2.05, 4.69) is 4.98 Å². The Hall–Kier alpha value is -1.95. The average Bonchev–Trinajstić information content (AvgIpc) is 2.81. The van der Waals surface area contributed by atoms with E-state index in [9.17, 15) is 4.79 Å². The van der Waals surface area contributed by atoms with E-state index in [4.69, 9.17) is 10.5 Å². The number of nitrogen functional groups attached to an aromatic ring is 1. The molecular formula is C16H21N3O2S. The summed E-state index contributed by atoms with van der Waals surface area (Å²) < 4.78 is 7.15. The Morgan fingerprint density at radius 2 is 1.95 bits per heavy atom. The Labute approximate surface area is 134 Å². The van der Waals surface area contributed by atoms with Crippen molar-refractivity contribution in [1.82, 2.24) is 9.55 Å². The minimum absolute atomic E-state index is 0.107. The summed E-state index contributed by atoms with van der Waals surface area (Å²) in [5, 5.41) is 0.659. The standard InChI is InChI=1S/C16H21N3O2S/c1-16(2,3)10-21-14(20)12-13(17)18-15(22-4)19(12)11-8-6-5-7-9-11/h5-9H,10,17H2,1-4H3. The van der Waals surface area contributed by atoms with Crippen LogP contribution in [-0.4, -0.2) is 28.4 Å². The van der Waals surface area contributed by atoms with Crippen LogP contribution < -0.4 is 5.73 Å². The number of nitrogens with two attached hydrogens (primary N) is 1. The van der Waals surface area contributed by atoms with Crippen LogP contribution in [0.2, 0.25) is 0 Å². The van der Waals surface area contributed by atoms with Crippen LogP contribution in [0.3, 0.4) is 0 Å². The summed E-state index contributed by atoms with van der Waals surface area (Å²) in [6.07, 6.45) is 1.89. The number of rotatable bonds is 4. The second-order valence-corrected chi connectivity index (χ2v) is 6.91. The van der Waals surface area contributed by atoms with Gasteiger partial charge in [-0.2, -0.15) is 0 Å². The van der Waals surface area contributed by atoms with Crippen LogP contribution in [0.4, 0.5) is 5.82 Å². The van der Waals surface area contributed by atoms with Gasteiger partial charge in [0.15, 0.2) is 16.7 Å².